The summed E-state index contributed by atoms with van der Waals surface area (Å²) in [4.78, 5) is 10.8. The van der Waals surface area contributed by atoms with Crippen molar-refractivity contribution in [3.63, 3.8) is 0 Å². The Hall–Kier alpha value is -0.880. The maximum Gasteiger partial charge on any atom is 0.246 e. The van der Waals surface area contributed by atoms with Crippen LogP contribution in [0.25, 0.3) is 0 Å². The van der Waals surface area contributed by atoms with Crippen LogP contribution in [0.4, 0.5) is 0 Å². The summed E-state index contributed by atoms with van der Waals surface area (Å²) < 4.78 is 23.0. The smallest absolute Gasteiger partial charge is 0.246 e. The highest BCUT2D eigenvalue weighted by atomic mass is 32.2. The average molecular weight is 219 g/mol. The summed E-state index contributed by atoms with van der Waals surface area (Å²) in [5, 5.41) is 0. The van der Waals surface area contributed by atoms with Gasteiger partial charge in [-0.3, -0.25) is 9.00 Å². The van der Waals surface area contributed by atoms with Crippen LogP contribution in [0.5, 0.6) is 0 Å². The van der Waals surface area contributed by atoms with E-state index in [1.54, 1.807) is 0 Å². The second-order valence-corrected chi connectivity index (χ2v) is 3.58. The molecule has 0 heterocycles. The van der Waals surface area contributed by atoms with E-state index in [1.807, 2.05) is 6.92 Å². The number of nitrogens with one attached hydrogen (secondary N) is 1. The lowest BCUT2D eigenvalue weighted by molar-refractivity contribution is -0.114. The third-order valence-electron chi connectivity index (χ3n) is 1.81. The number of hydrogen-bond acceptors (Lipinski definition) is 3. The lowest BCUT2D eigenvalue weighted by Crippen LogP contribution is -2.22. The van der Waals surface area contributed by atoms with Gasteiger partial charge in [-0.15, -0.1) is 0 Å². The topological polar surface area (TPSA) is 95.2 Å². The van der Waals surface area contributed by atoms with Crippen molar-refractivity contribution in [1.29, 1.82) is 0 Å². The van der Waals surface area contributed by atoms with E-state index in [0.29, 0.717) is 12.1 Å². The highest BCUT2D eigenvalue weighted by Crippen LogP contribution is 2.09. The SMILES string of the molecule is CCCC/C(NS(=O)[O-])=C(\C)C(N)=O. The number of unbranched alkanes of at least 4 members (excludes halogenated alkanes) is 1. The molecular weight excluding hydrogens is 204 g/mol. The van der Waals surface area contributed by atoms with E-state index in [2.05, 4.69) is 4.72 Å². The van der Waals surface area contributed by atoms with Crippen molar-refractivity contribution in [2.75, 3.05) is 0 Å². The third-order valence-corrected chi connectivity index (χ3v) is 2.22. The molecule has 1 unspecified atom stereocenters. The molecule has 0 aliphatic carbocycles. The first-order chi connectivity index (χ1) is 6.49. The largest absolute Gasteiger partial charge is 0.755 e. The number of primary amides is 1. The van der Waals surface area contributed by atoms with Gasteiger partial charge in [0, 0.05) is 22.5 Å². The van der Waals surface area contributed by atoms with Gasteiger partial charge < -0.3 is 15.0 Å². The minimum Gasteiger partial charge on any atom is -0.755 e. The molecule has 0 aromatic heterocycles. The molecule has 0 bridgehead atoms. The number of amides is 1. The summed E-state index contributed by atoms with van der Waals surface area (Å²) in [6.07, 6.45) is 2.24. The zero-order chi connectivity index (χ0) is 11.1. The van der Waals surface area contributed by atoms with E-state index in [0.717, 1.165) is 12.8 Å². The van der Waals surface area contributed by atoms with E-state index in [1.165, 1.54) is 6.92 Å². The Balaban J connectivity index is 4.60. The maximum atomic E-state index is 10.8. The van der Waals surface area contributed by atoms with Crippen molar-refractivity contribution in [1.82, 2.24) is 4.72 Å². The summed E-state index contributed by atoms with van der Waals surface area (Å²) in [6.45, 7) is 3.48. The van der Waals surface area contributed by atoms with Crippen LogP contribution in [0.3, 0.4) is 0 Å². The van der Waals surface area contributed by atoms with Crippen LogP contribution in [0.1, 0.15) is 33.1 Å². The summed E-state index contributed by atoms with van der Waals surface area (Å²) in [5.41, 5.74) is 5.69. The lowest BCUT2D eigenvalue weighted by atomic mass is 10.1. The lowest BCUT2D eigenvalue weighted by Gasteiger charge is -2.14. The number of carbonyl (C=O) groups is 1. The number of hydrogen-bond donors (Lipinski definition) is 2. The van der Waals surface area contributed by atoms with Crippen LogP contribution in [0.15, 0.2) is 11.3 Å². The van der Waals surface area contributed by atoms with Crippen molar-refractivity contribution < 1.29 is 13.6 Å². The molecule has 5 nitrogen and oxygen atoms in total. The molecule has 1 atom stereocenters. The Bertz CT molecular complexity index is 263. The van der Waals surface area contributed by atoms with Crippen molar-refractivity contribution in [2.45, 2.75) is 33.1 Å². The minimum absolute atomic E-state index is 0.266. The fraction of sp³-hybridized carbons (Fsp3) is 0.625. The molecule has 0 radical (unpaired) electrons. The van der Waals surface area contributed by atoms with Gasteiger partial charge in [-0.25, -0.2) is 0 Å². The number of rotatable bonds is 6. The highest BCUT2D eigenvalue weighted by Gasteiger charge is 2.06. The zero-order valence-corrected chi connectivity index (χ0v) is 9.15. The Labute approximate surface area is 86.2 Å². The Morgan fingerprint density at radius 1 is 1.57 bits per heavy atom. The van der Waals surface area contributed by atoms with E-state index in [9.17, 15) is 13.6 Å². The summed E-state index contributed by atoms with van der Waals surface area (Å²) in [6, 6.07) is 0. The standard InChI is InChI=1S/C8H16N2O3S/c1-3-4-5-7(10-14(12)13)6(2)8(9)11/h10H,3-5H2,1-2H3,(H2,9,11)(H,12,13)/p-1/b7-6-. The van der Waals surface area contributed by atoms with Gasteiger partial charge in [-0.2, -0.15) is 0 Å². The van der Waals surface area contributed by atoms with E-state index in [4.69, 9.17) is 5.73 Å². The summed E-state index contributed by atoms with van der Waals surface area (Å²) in [7, 11) is 0. The predicted molar refractivity (Wildman–Crippen MR) is 53.5 cm³/mol. The van der Waals surface area contributed by atoms with Gasteiger partial charge in [0.25, 0.3) is 0 Å². The Morgan fingerprint density at radius 3 is 2.50 bits per heavy atom. The molecule has 0 aliphatic rings. The predicted octanol–water partition coefficient (Wildman–Crippen LogP) is 0.320. The van der Waals surface area contributed by atoms with Crippen LogP contribution in [0, 0.1) is 0 Å². The van der Waals surface area contributed by atoms with Gasteiger partial charge in [0.2, 0.25) is 5.91 Å². The normalized spacial score (nSPS) is 14.5. The van der Waals surface area contributed by atoms with Gasteiger partial charge in [-0.1, -0.05) is 13.3 Å². The summed E-state index contributed by atoms with van der Waals surface area (Å²) in [5.74, 6) is -0.603. The third kappa shape index (κ3) is 4.98. The van der Waals surface area contributed by atoms with Gasteiger partial charge in [-0.05, 0) is 19.8 Å². The van der Waals surface area contributed by atoms with Crippen LogP contribution in [0.2, 0.25) is 0 Å². The number of carbonyl (C=O) groups excluding carboxylic acids is 1. The molecule has 0 fully saturated rings. The fourth-order valence-corrected chi connectivity index (χ4v) is 1.37. The molecule has 0 saturated heterocycles. The molecule has 0 aromatic carbocycles. The monoisotopic (exact) mass is 219 g/mol. The molecule has 0 rings (SSSR count). The first-order valence-corrected chi connectivity index (χ1v) is 5.42. The zero-order valence-electron chi connectivity index (χ0n) is 8.33. The van der Waals surface area contributed by atoms with Crippen molar-refractivity contribution >= 4 is 17.2 Å². The highest BCUT2D eigenvalue weighted by molar-refractivity contribution is 7.77. The number of allylic oxidation sites excluding steroid dienone is 1. The van der Waals surface area contributed by atoms with E-state index >= 15 is 0 Å². The molecule has 0 aliphatic heterocycles. The average Bonchev–Trinajstić information content (AvgIpc) is 2.10. The molecular formula is C8H15N2O3S-. The second kappa shape index (κ2) is 6.56. The molecule has 6 heteroatoms. The molecule has 0 aromatic rings. The minimum atomic E-state index is -2.40. The second-order valence-electron chi connectivity index (χ2n) is 2.91. The molecule has 0 spiro atoms. The van der Waals surface area contributed by atoms with Gasteiger partial charge >= 0.3 is 0 Å². The van der Waals surface area contributed by atoms with Crippen LogP contribution in [-0.4, -0.2) is 14.7 Å². The first-order valence-electron chi connectivity index (χ1n) is 4.34. The van der Waals surface area contributed by atoms with Crippen molar-refractivity contribution in [3.8, 4) is 0 Å². The van der Waals surface area contributed by atoms with Gasteiger partial charge in [0.15, 0.2) is 0 Å². The first kappa shape index (κ1) is 13.1. The molecule has 0 saturated carbocycles. The van der Waals surface area contributed by atoms with Gasteiger partial charge in [0.05, 0.1) is 0 Å². The molecule has 3 N–H and O–H groups in total. The molecule has 14 heavy (non-hydrogen) atoms. The quantitative estimate of drug-likeness (QED) is 0.497. The van der Waals surface area contributed by atoms with Crippen LogP contribution in [-0.2, 0) is 16.1 Å². The maximum absolute atomic E-state index is 10.8. The van der Waals surface area contributed by atoms with Crippen LogP contribution >= 0.6 is 0 Å². The van der Waals surface area contributed by atoms with Crippen molar-refractivity contribution in [3.05, 3.63) is 11.3 Å². The van der Waals surface area contributed by atoms with Crippen LogP contribution < -0.4 is 10.5 Å². The molecule has 82 valence electrons. The molecule has 1 amide bonds. The Morgan fingerprint density at radius 2 is 2.14 bits per heavy atom. The van der Waals surface area contributed by atoms with Crippen molar-refractivity contribution in [2.24, 2.45) is 5.73 Å². The van der Waals surface area contributed by atoms with Gasteiger partial charge in [0.1, 0.15) is 0 Å². The number of nitrogens with two attached hydrogens (primary N) is 1. The Kier molecular flexibility index (Phi) is 6.14. The summed E-state index contributed by atoms with van der Waals surface area (Å²) >= 11 is -2.40. The van der Waals surface area contributed by atoms with E-state index < -0.39 is 17.2 Å². The van der Waals surface area contributed by atoms with E-state index in [-0.39, 0.29) is 5.57 Å². The fourth-order valence-electron chi connectivity index (χ4n) is 0.918.